The molecule has 0 radical (unpaired) electrons. The van der Waals surface area contributed by atoms with E-state index >= 15 is 0 Å². The average molecular weight is 433 g/mol. The van der Waals surface area contributed by atoms with Crippen molar-refractivity contribution in [1.82, 2.24) is 19.5 Å². The molecule has 29 heavy (non-hydrogen) atoms. The molecule has 0 saturated heterocycles. The molecule has 164 valence electrons. The third-order valence-corrected chi connectivity index (χ3v) is 4.18. The highest BCUT2D eigenvalue weighted by atomic mass is 31.2. The van der Waals surface area contributed by atoms with Crippen molar-refractivity contribution in [3.05, 3.63) is 12.7 Å². The fourth-order valence-electron chi connectivity index (χ4n) is 2.22. The first-order chi connectivity index (χ1) is 13.5. The van der Waals surface area contributed by atoms with Crippen LogP contribution in [0.3, 0.4) is 0 Å². The monoisotopic (exact) mass is 433 g/mol. The molecule has 0 fully saturated rings. The number of hydrogen-bond donors (Lipinski definition) is 6. The van der Waals surface area contributed by atoms with Gasteiger partial charge in [-0.05, 0) is 26.3 Å². The second-order valence-electron chi connectivity index (χ2n) is 6.33. The van der Waals surface area contributed by atoms with Crippen molar-refractivity contribution in [3.63, 3.8) is 0 Å². The molecule has 0 aliphatic carbocycles. The van der Waals surface area contributed by atoms with E-state index in [-0.39, 0.29) is 5.82 Å². The number of carboxylic acid groups (broad SMARTS) is 1. The first-order valence-corrected chi connectivity index (χ1v) is 10.6. The zero-order valence-electron chi connectivity index (χ0n) is 16.1. The molecule has 2 rings (SSSR count). The molecular weight excluding hydrogens is 405 g/mol. The van der Waals surface area contributed by atoms with E-state index < -0.39 is 32.1 Å². The summed E-state index contributed by atoms with van der Waals surface area (Å²) in [7, 11) is -4.16. The second-order valence-corrected chi connectivity index (χ2v) is 7.92. The number of nitrogen functional groups attached to an aromatic ring is 1. The molecule has 2 aromatic heterocycles. The van der Waals surface area contributed by atoms with Gasteiger partial charge in [0.05, 0.1) is 19.0 Å². The maximum absolute atomic E-state index is 10.7. The van der Waals surface area contributed by atoms with Gasteiger partial charge in [-0.2, -0.15) is 0 Å². The molecule has 0 amide bonds. The van der Waals surface area contributed by atoms with Gasteiger partial charge in [-0.3, -0.25) is 9.36 Å². The second kappa shape index (κ2) is 11.8. The highest BCUT2D eigenvalue weighted by Gasteiger charge is 2.17. The van der Waals surface area contributed by atoms with Crippen molar-refractivity contribution >= 4 is 30.5 Å². The minimum Gasteiger partial charge on any atom is -0.480 e. The minimum absolute atomic E-state index is 0.285. The molecule has 0 aliphatic rings. The van der Waals surface area contributed by atoms with Crippen LogP contribution < -0.4 is 17.2 Å². The molecule has 0 aromatic carbocycles. The van der Waals surface area contributed by atoms with E-state index in [1.54, 1.807) is 11.5 Å². The summed E-state index contributed by atoms with van der Waals surface area (Å²) in [5.74, 6) is -0.649. The molecule has 0 aliphatic heterocycles. The number of anilines is 1. The van der Waals surface area contributed by atoms with E-state index in [4.69, 9.17) is 36.8 Å². The molecule has 2 aromatic rings. The van der Waals surface area contributed by atoms with Crippen LogP contribution in [-0.2, 0) is 20.6 Å². The molecule has 0 saturated carbocycles. The van der Waals surface area contributed by atoms with E-state index in [0.717, 1.165) is 12.8 Å². The number of nitrogens with two attached hydrogens (primary N) is 3. The van der Waals surface area contributed by atoms with Crippen LogP contribution in [0.15, 0.2) is 12.7 Å². The molecule has 13 nitrogen and oxygen atoms in total. The lowest BCUT2D eigenvalue weighted by molar-refractivity contribution is -0.138. The van der Waals surface area contributed by atoms with Crippen LogP contribution in [0, 0.1) is 0 Å². The summed E-state index contributed by atoms with van der Waals surface area (Å²) in [5.41, 5.74) is 17.1. The van der Waals surface area contributed by atoms with Crippen molar-refractivity contribution in [2.24, 2.45) is 11.5 Å². The minimum atomic E-state index is -4.16. The van der Waals surface area contributed by atoms with Gasteiger partial charge < -0.3 is 41.4 Å². The van der Waals surface area contributed by atoms with Gasteiger partial charge in [0.2, 0.25) is 0 Å². The van der Waals surface area contributed by atoms with Gasteiger partial charge in [-0.1, -0.05) is 6.42 Å². The molecule has 9 N–H and O–H groups in total. The summed E-state index contributed by atoms with van der Waals surface area (Å²) in [6.45, 7) is 2.66. The lowest BCUT2D eigenvalue weighted by atomic mass is 10.1. The molecule has 0 bridgehead atoms. The number of nitrogens with zero attached hydrogens (tertiary/aromatic N) is 4. The Morgan fingerprint density at radius 3 is 2.59 bits per heavy atom. The van der Waals surface area contributed by atoms with Crippen LogP contribution in [0.2, 0.25) is 0 Å². The fourth-order valence-corrected chi connectivity index (χ4v) is 2.67. The van der Waals surface area contributed by atoms with Gasteiger partial charge in [0, 0.05) is 0 Å². The maximum Gasteiger partial charge on any atom is 0.350 e. The number of ether oxygens (including phenoxy) is 1. The van der Waals surface area contributed by atoms with Crippen molar-refractivity contribution in [3.8, 4) is 0 Å². The summed E-state index contributed by atoms with van der Waals surface area (Å²) >= 11 is 0. The fraction of sp³-hybridized carbons (Fsp3) is 0.600. The molecule has 2 heterocycles. The Kier molecular flexibility index (Phi) is 10.1. The van der Waals surface area contributed by atoms with Gasteiger partial charge in [-0.15, -0.1) is 0 Å². The Hall–Kier alpha value is -2.15. The SMILES string of the molecule is C[C@H](Cn1cnc2c(N)ncnc21)OCP(=O)(O)O.NCCCCC(N)C(=O)O. The number of aromatic nitrogens is 4. The average Bonchev–Trinajstić information content (AvgIpc) is 3.04. The predicted octanol–water partition coefficient (Wildman–Crippen LogP) is -0.524. The van der Waals surface area contributed by atoms with Crippen LogP contribution in [0.25, 0.3) is 11.2 Å². The van der Waals surface area contributed by atoms with Crippen molar-refractivity contribution in [2.75, 3.05) is 18.6 Å². The molecule has 14 heteroatoms. The van der Waals surface area contributed by atoms with Crippen LogP contribution >= 0.6 is 7.60 Å². The Labute approximate surface area is 167 Å². The summed E-state index contributed by atoms with van der Waals surface area (Å²) in [4.78, 5) is 39.6. The predicted molar refractivity (Wildman–Crippen MR) is 106 cm³/mol. The smallest absolute Gasteiger partial charge is 0.350 e. The molecule has 1 unspecified atom stereocenters. The Morgan fingerprint density at radius 1 is 1.31 bits per heavy atom. The number of rotatable bonds is 10. The maximum atomic E-state index is 10.7. The van der Waals surface area contributed by atoms with Crippen LogP contribution in [-0.4, -0.2) is 65.4 Å². The summed E-state index contributed by atoms with van der Waals surface area (Å²) < 4.78 is 17.5. The highest BCUT2D eigenvalue weighted by Crippen LogP contribution is 2.34. The molecule has 2 atom stereocenters. The summed E-state index contributed by atoms with van der Waals surface area (Å²) in [6.07, 6.45) is 4.01. The Balaban J connectivity index is 0.000000359. The standard InChI is InChI=1S/C9H14N5O4P.C6H14N2O2/c1-6(18-5-19(15,16)17)2-14-4-13-7-8(10)11-3-12-9(7)14;7-4-2-1-3-5(8)6(9)10/h3-4,6H,2,5H2,1H3,(H2,10,11,12)(H2,15,16,17);5H,1-4,7-8H2,(H,9,10)/t6-;/m1./s1. The Bertz CT molecular complexity index is 827. The molecular formula is C15H28N7O6P. The number of hydrogen-bond acceptors (Lipinski definition) is 9. The zero-order valence-corrected chi connectivity index (χ0v) is 17.0. The zero-order chi connectivity index (χ0) is 22.0. The number of imidazole rings is 1. The number of carbonyl (C=O) groups is 1. The lowest BCUT2D eigenvalue weighted by Crippen LogP contribution is -2.29. The van der Waals surface area contributed by atoms with Crippen LogP contribution in [0.5, 0.6) is 0 Å². The van der Waals surface area contributed by atoms with Crippen LogP contribution in [0.1, 0.15) is 26.2 Å². The van der Waals surface area contributed by atoms with E-state index in [9.17, 15) is 9.36 Å². The van der Waals surface area contributed by atoms with Crippen molar-refractivity contribution in [1.29, 1.82) is 0 Å². The first kappa shape index (κ1) is 24.9. The number of unbranched alkanes of at least 4 members (excludes halogenated alkanes) is 1. The lowest BCUT2D eigenvalue weighted by Gasteiger charge is -2.14. The van der Waals surface area contributed by atoms with E-state index in [2.05, 4.69) is 15.0 Å². The number of fused-ring (bicyclic) bond motifs is 1. The van der Waals surface area contributed by atoms with Gasteiger partial charge in [0.1, 0.15) is 24.2 Å². The molecule has 0 spiro atoms. The van der Waals surface area contributed by atoms with Gasteiger partial charge in [0.25, 0.3) is 0 Å². The van der Waals surface area contributed by atoms with E-state index in [1.165, 1.54) is 12.7 Å². The highest BCUT2D eigenvalue weighted by molar-refractivity contribution is 7.51. The largest absolute Gasteiger partial charge is 0.480 e. The first-order valence-electron chi connectivity index (χ1n) is 8.81. The van der Waals surface area contributed by atoms with Gasteiger partial charge >= 0.3 is 13.6 Å². The normalized spacial score (nSPS) is 13.6. The van der Waals surface area contributed by atoms with E-state index in [0.29, 0.717) is 30.7 Å². The van der Waals surface area contributed by atoms with Gasteiger partial charge in [0.15, 0.2) is 11.5 Å². The Morgan fingerprint density at radius 2 is 2.00 bits per heavy atom. The summed E-state index contributed by atoms with van der Waals surface area (Å²) in [6, 6.07) is -0.716. The van der Waals surface area contributed by atoms with E-state index in [1.807, 2.05) is 0 Å². The van der Waals surface area contributed by atoms with Gasteiger partial charge in [-0.25, -0.2) is 15.0 Å². The third kappa shape index (κ3) is 9.26. The topological polar surface area (TPSA) is 226 Å². The van der Waals surface area contributed by atoms with Crippen molar-refractivity contribution in [2.45, 2.75) is 44.9 Å². The number of carboxylic acids is 1. The third-order valence-electron chi connectivity index (χ3n) is 3.70. The number of aliphatic carboxylic acids is 1. The quantitative estimate of drug-likeness (QED) is 0.205. The summed E-state index contributed by atoms with van der Waals surface area (Å²) in [5, 5.41) is 8.33. The van der Waals surface area contributed by atoms with Crippen molar-refractivity contribution < 1.29 is 29.0 Å². The van der Waals surface area contributed by atoms with Crippen LogP contribution in [0.4, 0.5) is 5.82 Å².